The molecule has 0 aromatic heterocycles. The van der Waals surface area contributed by atoms with Crippen LogP contribution in [0.5, 0.6) is 0 Å². The average Bonchev–Trinajstić information content (AvgIpc) is 2.72. The number of methoxy groups -OCH3 is 1. The number of amides is 1. The first kappa shape index (κ1) is 14.4. The first-order chi connectivity index (χ1) is 7.83. The number of sulfone groups is 1. The van der Waals surface area contributed by atoms with Gasteiger partial charge in [0.15, 0.2) is 0 Å². The lowest BCUT2D eigenvalue weighted by molar-refractivity contribution is -0.131. The molecule has 0 aromatic carbocycles. The molecule has 0 spiro atoms. The molecular formula is C10H20N2O4S. The van der Waals surface area contributed by atoms with Gasteiger partial charge in [-0.3, -0.25) is 4.79 Å². The van der Waals surface area contributed by atoms with E-state index in [1.165, 1.54) is 11.2 Å². The first-order valence-corrected chi connectivity index (χ1v) is 7.58. The molecule has 100 valence electrons. The summed E-state index contributed by atoms with van der Waals surface area (Å²) in [4.78, 5) is 13.4. The van der Waals surface area contributed by atoms with Gasteiger partial charge >= 0.3 is 0 Å². The van der Waals surface area contributed by atoms with Crippen molar-refractivity contribution in [2.75, 3.05) is 39.3 Å². The van der Waals surface area contributed by atoms with Crippen LogP contribution in [0.4, 0.5) is 0 Å². The highest BCUT2D eigenvalue weighted by molar-refractivity contribution is 7.90. The number of ether oxygens (including phenoxy) is 1. The van der Waals surface area contributed by atoms with E-state index in [1.807, 2.05) is 0 Å². The third kappa shape index (κ3) is 4.61. The zero-order valence-corrected chi connectivity index (χ0v) is 11.3. The van der Waals surface area contributed by atoms with E-state index in [2.05, 4.69) is 5.32 Å². The van der Waals surface area contributed by atoms with E-state index in [9.17, 15) is 13.2 Å². The second-order valence-corrected chi connectivity index (χ2v) is 6.70. The summed E-state index contributed by atoms with van der Waals surface area (Å²) in [5.41, 5.74) is 0. The molecule has 0 radical (unpaired) electrons. The van der Waals surface area contributed by atoms with Crippen molar-refractivity contribution in [1.82, 2.24) is 10.2 Å². The predicted octanol–water partition coefficient (Wildman–Crippen LogP) is -1.13. The lowest BCUT2D eigenvalue weighted by atomic mass is 10.2. The quantitative estimate of drug-likeness (QED) is 0.680. The third-order valence-electron chi connectivity index (χ3n) is 2.90. The van der Waals surface area contributed by atoms with Gasteiger partial charge in [0.2, 0.25) is 5.91 Å². The van der Waals surface area contributed by atoms with E-state index in [-0.39, 0.29) is 30.4 Å². The Morgan fingerprint density at radius 3 is 2.65 bits per heavy atom. The number of hydrogen-bond acceptors (Lipinski definition) is 5. The molecule has 1 saturated heterocycles. The maximum atomic E-state index is 11.9. The molecule has 0 saturated carbocycles. The van der Waals surface area contributed by atoms with Gasteiger partial charge in [-0.05, 0) is 6.42 Å². The summed E-state index contributed by atoms with van der Waals surface area (Å²) in [5.74, 6) is -0.0800. The first-order valence-electron chi connectivity index (χ1n) is 5.52. The number of hydrogen-bond donors (Lipinski definition) is 1. The monoisotopic (exact) mass is 264 g/mol. The molecule has 1 aliphatic rings. The molecule has 1 rings (SSSR count). The Balaban J connectivity index is 2.42. The third-order valence-corrected chi connectivity index (χ3v) is 3.82. The summed E-state index contributed by atoms with van der Waals surface area (Å²) in [6.07, 6.45) is 1.87. The zero-order valence-electron chi connectivity index (χ0n) is 10.5. The fraction of sp³-hybridized carbons (Fsp3) is 0.900. The molecule has 7 heteroatoms. The highest BCUT2D eigenvalue weighted by atomic mass is 32.2. The minimum atomic E-state index is -3.03. The van der Waals surface area contributed by atoms with Crippen LogP contribution in [0.15, 0.2) is 0 Å². The highest BCUT2D eigenvalue weighted by Crippen LogP contribution is 2.11. The summed E-state index contributed by atoms with van der Waals surface area (Å²) in [5, 5.41) is 3.07. The van der Waals surface area contributed by atoms with E-state index in [0.29, 0.717) is 13.0 Å². The molecule has 2 unspecified atom stereocenters. The predicted molar refractivity (Wildman–Crippen MR) is 64.6 cm³/mol. The molecule has 6 nitrogen and oxygen atoms in total. The summed E-state index contributed by atoms with van der Waals surface area (Å²) < 4.78 is 27.2. The van der Waals surface area contributed by atoms with E-state index < -0.39 is 9.84 Å². The van der Waals surface area contributed by atoms with Crippen LogP contribution in [0.3, 0.4) is 0 Å². The summed E-state index contributed by atoms with van der Waals surface area (Å²) in [6, 6.07) is -0.260. The Bertz CT molecular complexity index is 369. The Morgan fingerprint density at radius 2 is 2.18 bits per heavy atom. The van der Waals surface area contributed by atoms with Crippen LogP contribution in [-0.2, 0) is 19.4 Å². The second kappa shape index (κ2) is 5.79. The van der Waals surface area contributed by atoms with Crippen molar-refractivity contribution in [3.63, 3.8) is 0 Å². The topological polar surface area (TPSA) is 75.7 Å². The van der Waals surface area contributed by atoms with Gasteiger partial charge in [0.1, 0.15) is 9.84 Å². The number of nitrogens with zero attached hydrogens (tertiary/aromatic N) is 1. The van der Waals surface area contributed by atoms with Crippen LogP contribution in [0.2, 0.25) is 0 Å². The maximum absolute atomic E-state index is 11.9. The number of likely N-dealkylation sites (N-methyl/N-ethyl adjacent to an activating group) is 1. The summed E-state index contributed by atoms with van der Waals surface area (Å²) in [7, 11) is 0.207. The minimum Gasteiger partial charge on any atom is -0.380 e. The van der Waals surface area contributed by atoms with Gasteiger partial charge in [0.05, 0.1) is 17.9 Å². The molecule has 0 aromatic rings. The van der Waals surface area contributed by atoms with E-state index in [4.69, 9.17) is 4.74 Å². The van der Waals surface area contributed by atoms with Crippen molar-refractivity contribution >= 4 is 15.7 Å². The van der Waals surface area contributed by atoms with Crippen LogP contribution in [0, 0.1) is 0 Å². The Hall–Kier alpha value is -0.660. The smallest absolute Gasteiger partial charge is 0.239 e. The van der Waals surface area contributed by atoms with Crippen molar-refractivity contribution in [2.45, 2.75) is 18.6 Å². The largest absolute Gasteiger partial charge is 0.380 e. The van der Waals surface area contributed by atoms with Crippen molar-refractivity contribution in [1.29, 1.82) is 0 Å². The van der Waals surface area contributed by atoms with Crippen LogP contribution in [0.1, 0.15) is 6.42 Å². The number of rotatable bonds is 5. The molecule has 1 N–H and O–H groups in total. The minimum absolute atomic E-state index is 0.00430. The summed E-state index contributed by atoms with van der Waals surface area (Å²) in [6.45, 7) is 0.889. The molecule has 1 heterocycles. The van der Waals surface area contributed by atoms with Gasteiger partial charge in [-0.2, -0.15) is 0 Å². The molecular weight excluding hydrogens is 244 g/mol. The Morgan fingerprint density at radius 1 is 1.53 bits per heavy atom. The van der Waals surface area contributed by atoms with E-state index >= 15 is 0 Å². The van der Waals surface area contributed by atoms with Gasteiger partial charge in [0, 0.05) is 33.5 Å². The van der Waals surface area contributed by atoms with Crippen LogP contribution < -0.4 is 5.32 Å². The van der Waals surface area contributed by atoms with Gasteiger partial charge in [-0.25, -0.2) is 8.42 Å². The van der Waals surface area contributed by atoms with E-state index in [1.54, 1.807) is 14.2 Å². The average molecular weight is 264 g/mol. The zero-order chi connectivity index (χ0) is 13.1. The lowest BCUT2D eigenvalue weighted by Gasteiger charge is -2.20. The van der Waals surface area contributed by atoms with Crippen molar-refractivity contribution in [3.8, 4) is 0 Å². The molecule has 0 aliphatic carbocycles. The van der Waals surface area contributed by atoms with Crippen molar-refractivity contribution in [3.05, 3.63) is 0 Å². The van der Waals surface area contributed by atoms with Gasteiger partial charge in [-0.1, -0.05) is 0 Å². The Labute approximate surface area is 102 Å². The second-order valence-electron chi connectivity index (χ2n) is 4.44. The maximum Gasteiger partial charge on any atom is 0.239 e. The Kier molecular flexibility index (Phi) is 4.91. The van der Waals surface area contributed by atoms with Crippen LogP contribution in [0.25, 0.3) is 0 Å². The number of nitrogens with one attached hydrogen (secondary N) is 1. The molecule has 1 aliphatic heterocycles. The van der Waals surface area contributed by atoms with Gasteiger partial charge in [-0.15, -0.1) is 0 Å². The number of carbonyl (C=O) groups is 1. The number of carbonyl (C=O) groups excluding carboxylic acids is 1. The molecule has 2 atom stereocenters. The fourth-order valence-corrected chi connectivity index (χ4v) is 2.36. The molecule has 0 bridgehead atoms. The molecule has 1 fully saturated rings. The van der Waals surface area contributed by atoms with Crippen molar-refractivity contribution in [2.24, 2.45) is 0 Å². The SMILES string of the molecule is COC1CNC(C(=O)N(C)CCS(C)(=O)=O)C1. The van der Waals surface area contributed by atoms with Crippen molar-refractivity contribution < 1.29 is 17.9 Å². The molecule has 1 amide bonds. The van der Waals surface area contributed by atoms with E-state index in [0.717, 1.165) is 0 Å². The molecule has 17 heavy (non-hydrogen) atoms. The van der Waals surface area contributed by atoms with Gasteiger partial charge in [0.25, 0.3) is 0 Å². The van der Waals surface area contributed by atoms with Gasteiger partial charge < -0.3 is 15.0 Å². The highest BCUT2D eigenvalue weighted by Gasteiger charge is 2.31. The standard InChI is InChI=1S/C10H20N2O4S/c1-12(4-5-17(3,14)15)10(13)9-6-8(16-2)7-11-9/h8-9,11H,4-7H2,1-3H3. The lowest BCUT2D eigenvalue weighted by Crippen LogP contribution is -2.43. The summed E-state index contributed by atoms with van der Waals surface area (Å²) >= 11 is 0. The fourth-order valence-electron chi connectivity index (χ4n) is 1.75. The normalized spacial score (nSPS) is 24.9. The van der Waals surface area contributed by atoms with Crippen LogP contribution in [-0.4, -0.2) is 70.6 Å². The van der Waals surface area contributed by atoms with Crippen LogP contribution >= 0.6 is 0 Å².